The summed E-state index contributed by atoms with van der Waals surface area (Å²) in [5.74, 6) is 0.383. The lowest BCUT2D eigenvalue weighted by Crippen LogP contribution is -2.46. The van der Waals surface area contributed by atoms with Gasteiger partial charge >= 0.3 is 5.97 Å². The van der Waals surface area contributed by atoms with Crippen LogP contribution in [0.1, 0.15) is 46.0 Å². The van der Waals surface area contributed by atoms with Gasteiger partial charge in [0.15, 0.2) is 0 Å². The van der Waals surface area contributed by atoms with Gasteiger partial charge in [-0.15, -0.1) is 0 Å². The molecule has 0 amide bonds. The van der Waals surface area contributed by atoms with E-state index in [9.17, 15) is 9.90 Å². The summed E-state index contributed by atoms with van der Waals surface area (Å²) in [6.07, 6.45) is 5.85. The van der Waals surface area contributed by atoms with E-state index < -0.39 is 11.4 Å². The molecule has 1 aromatic heterocycles. The van der Waals surface area contributed by atoms with Crippen LogP contribution in [0.5, 0.6) is 5.88 Å². The van der Waals surface area contributed by atoms with Crippen LogP contribution in [-0.4, -0.2) is 33.7 Å². The third kappa shape index (κ3) is 3.62. The minimum absolute atomic E-state index is 0.127. The Balaban J connectivity index is 2.10. The Bertz CT molecular complexity index is 495. The average Bonchev–Trinajstić information content (AvgIpc) is 2.48. The van der Waals surface area contributed by atoms with Crippen LogP contribution in [-0.2, 0) is 4.79 Å². The summed E-state index contributed by atoms with van der Waals surface area (Å²) >= 11 is 0. The molecule has 0 spiro atoms. The monoisotopic (exact) mass is 293 g/mol. The summed E-state index contributed by atoms with van der Waals surface area (Å²) < 4.78 is 5.48. The Morgan fingerprint density at radius 2 is 2.33 bits per heavy atom. The Kier molecular flexibility index (Phi) is 4.98. The number of hydrogen-bond acceptors (Lipinski definition) is 5. The van der Waals surface area contributed by atoms with E-state index in [1.165, 1.54) is 6.33 Å². The minimum atomic E-state index is -0.756. The van der Waals surface area contributed by atoms with Gasteiger partial charge in [-0.1, -0.05) is 19.8 Å². The van der Waals surface area contributed by atoms with Gasteiger partial charge < -0.3 is 15.2 Å². The SMILES string of the molecule is CCCOc1cc(NC2CCCCC2(C)C(=O)O)ncn1. The van der Waals surface area contributed by atoms with Crippen molar-refractivity contribution in [1.82, 2.24) is 9.97 Å². The number of carboxylic acid groups (broad SMARTS) is 1. The molecule has 6 heteroatoms. The number of nitrogens with zero attached hydrogens (tertiary/aromatic N) is 2. The summed E-state index contributed by atoms with van der Waals surface area (Å²) in [6.45, 7) is 4.44. The van der Waals surface area contributed by atoms with Crippen molar-refractivity contribution in [3.05, 3.63) is 12.4 Å². The second kappa shape index (κ2) is 6.74. The van der Waals surface area contributed by atoms with Gasteiger partial charge in [0.25, 0.3) is 0 Å². The van der Waals surface area contributed by atoms with Crippen molar-refractivity contribution in [3.63, 3.8) is 0 Å². The van der Waals surface area contributed by atoms with Crippen LogP contribution in [0.3, 0.4) is 0 Å². The molecule has 2 rings (SSSR count). The van der Waals surface area contributed by atoms with Crippen LogP contribution in [0.15, 0.2) is 12.4 Å². The van der Waals surface area contributed by atoms with Crippen molar-refractivity contribution in [3.8, 4) is 5.88 Å². The molecule has 0 radical (unpaired) electrons. The second-order valence-electron chi connectivity index (χ2n) is 5.76. The van der Waals surface area contributed by atoms with Gasteiger partial charge in [0.1, 0.15) is 12.1 Å². The molecule has 0 bridgehead atoms. The maximum atomic E-state index is 11.6. The molecule has 21 heavy (non-hydrogen) atoms. The van der Waals surface area contributed by atoms with Crippen molar-refractivity contribution < 1.29 is 14.6 Å². The van der Waals surface area contributed by atoms with E-state index >= 15 is 0 Å². The molecular weight excluding hydrogens is 270 g/mol. The van der Waals surface area contributed by atoms with Crippen molar-refractivity contribution in [2.45, 2.75) is 52.0 Å². The van der Waals surface area contributed by atoms with Gasteiger partial charge in [0.2, 0.25) is 5.88 Å². The molecule has 2 atom stereocenters. The zero-order chi connectivity index (χ0) is 15.3. The highest BCUT2D eigenvalue weighted by Gasteiger charge is 2.43. The lowest BCUT2D eigenvalue weighted by Gasteiger charge is -2.38. The number of rotatable bonds is 6. The fourth-order valence-corrected chi connectivity index (χ4v) is 2.70. The summed E-state index contributed by atoms with van der Waals surface area (Å²) in [6, 6.07) is 1.60. The summed E-state index contributed by atoms with van der Waals surface area (Å²) in [4.78, 5) is 19.8. The minimum Gasteiger partial charge on any atom is -0.481 e. The molecule has 2 unspecified atom stereocenters. The molecule has 1 heterocycles. The third-order valence-electron chi connectivity index (χ3n) is 4.11. The summed E-state index contributed by atoms with van der Waals surface area (Å²) in [5, 5.41) is 12.8. The molecule has 2 N–H and O–H groups in total. The van der Waals surface area contributed by atoms with E-state index in [-0.39, 0.29) is 6.04 Å². The van der Waals surface area contributed by atoms with Crippen molar-refractivity contribution in [2.75, 3.05) is 11.9 Å². The standard InChI is InChI=1S/C15H23N3O3/c1-3-8-21-13-9-12(16-10-17-13)18-11-6-4-5-7-15(11,2)14(19)20/h9-11H,3-8H2,1-2H3,(H,19,20)(H,16,17,18). The van der Waals surface area contributed by atoms with E-state index in [4.69, 9.17) is 4.74 Å². The van der Waals surface area contributed by atoms with Crippen LogP contribution in [0, 0.1) is 5.41 Å². The maximum absolute atomic E-state index is 11.6. The predicted molar refractivity (Wildman–Crippen MR) is 79.4 cm³/mol. The van der Waals surface area contributed by atoms with Crippen LogP contribution in [0.4, 0.5) is 5.82 Å². The van der Waals surface area contributed by atoms with E-state index in [0.29, 0.717) is 24.7 Å². The van der Waals surface area contributed by atoms with Crippen molar-refractivity contribution >= 4 is 11.8 Å². The van der Waals surface area contributed by atoms with Crippen LogP contribution >= 0.6 is 0 Å². The van der Waals surface area contributed by atoms with E-state index in [1.54, 1.807) is 6.07 Å². The number of hydrogen-bond donors (Lipinski definition) is 2. The number of aromatic nitrogens is 2. The number of carboxylic acids is 1. The Hall–Kier alpha value is -1.85. The third-order valence-corrected chi connectivity index (χ3v) is 4.11. The number of nitrogens with one attached hydrogen (secondary N) is 1. The molecule has 1 aliphatic rings. The van der Waals surface area contributed by atoms with Crippen molar-refractivity contribution in [1.29, 1.82) is 0 Å². The second-order valence-corrected chi connectivity index (χ2v) is 5.76. The quantitative estimate of drug-likeness (QED) is 0.839. The first kappa shape index (κ1) is 15.5. The molecule has 0 aliphatic heterocycles. The van der Waals surface area contributed by atoms with Crippen LogP contribution in [0.25, 0.3) is 0 Å². The Morgan fingerprint density at radius 3 is 3.05 bits per heavy atom. The Labute approximate surface area is 124 Å². The van der Waals surface area contributed by atoms with Crippen LogP contribution in [0.2, 0.25) is 0 Å². The zero-order valence-corrected chi connectivity index (χ0v) is 12.6. The fourth-order valence-electron chi connectivity index (χ4n) is 2.70. The van der Waals surface area contributed by atoms with Gasteiger partial charge in [-0.2, -0.15) is 0 Å². The van der Waals surface area contributed by atoms with Gasteiger partial charge in [-0.3, -0.25) is 4.79 Å². The number of anilines is 1. The number of ether oxygens (including phenoxy) is 1. The van der Waals surface area contributed by atoms with Crippen LogP contribution < -0.4 is 10.1 Å². The van der Waals surface area contributed by atoms with Crippen molar-refractivity contribution in [2.24, 2.45) is 5.41 Å². The maximum Gasteiger partial charge on any atom is 0.311 e. The molecule has 1 aromatic rings. The lowest BCUT2D eigenvalue weighted by atomic mass is 9.71. The Morgan fingerprint density at radius 1 is 1.52 bits per heavy atom. The molecule has 1 saturated carbocycles. The van der Waals surface area contributed by atoms with Gasteiger partial charge in [-0.05, 0) is 26.2 Å². The van der Waals surface area contributed by atoms with Gasteiger partial charge in [0, 0.05) is 12.1 Å². The topological polar surface area (TPSA) is 84.3 Å². The molecule has 6 nitrogen and oxygen atoms in total. The highest BCUT2D eigenvalue weighted by atomic mass is 16.5. The molecule has 0 saturated heterocycles. The summed E-state index contributed by atoms with van der Waals surface area (Å²) in [5.41, 5.74) is -0.756. The largest absolute Gasteiger partial charge is 0.481 e. The van der Waals surface area contributed by atoms with E-state index in [1.807, 2.05) is 13.8 Å². The normalized spacial score (nSPS) is 25.3. The zero-order valence-electron chi connectivity index (χ0n) is 12.6. The first-order valence-electron chi connectivity index (χ1n) is 7.51. The van der Waals surface area contributed by atoms with E-state index in [2.05, 4.69) is 15.3 Å². The lowest BCUT2D eigenvalue weighted by molar-refractivity contribution is -0.150. The highest BCUT2D eigenvalue weighted by molar-refractivity contribution is 5.76. The number of aliphatic carboxylic acids is 1. The molecule has 1 fully saturated rings. The molecule has 116 valence electrons. The first-order valence-corrected chi connectivity index (χ1v) is 7.51. The summed E-state index contributed by atoms with van der Waals surface area (Å²) in [7, 11) is 0. The highest BCUT2D eigenvalue weighted by Crippen LogP contribution is 2.38. The van der Waals surface area contributed by atoms with E-state index in [0.717, 1.165) is 25.7 Å². The molecular formula is C15H23N3O3. The first-order chi connectivity index (χ1) is 10.1. The average molecular weight is 293 g/mol. The smallest absolute Gasteiger partial charge is 0.311 e. The fraction of sp³-hybridized carbons (Fsp3) is 0.667. The van der Waals surface area contributed by atoms with Gasteiger partial charge in [0.05, 0.1) is 12.0 Å². The molecule has 1 aliphatic carbocycles. The predicted octanol–water partition coefficient (Wildman–Crippen LogP) is 2.71. The molecule has 0 aromatic carbocycles. The number of carbonyl (C=O) groups is 1. The van der Waals surface area contributed by atoms with Gasteiger partial charge in [-0.25, -0.2) is 9.97 Å².